The molecule has 3 N–H and O–H groups in total. The van der Waals surface area contributed by atoms with Crippen LogP contribution in [0.1, 0.15) is 19.8 Å². The maximum atomic E-state index is 11.7. The van der Waals surface area contributed by atoms with Crippen molar-refractivity contribution in [2.75, 3.05) is 66.7 Å². The first-order valence-electron chi connectivity index (χ1n) is 8.71. The van der Waals surface area contributed by atoms with Gasteiger partial charge in [-0.1, -0.05) is 0 Å². The molecule has 0 bridgehead atoms. The van der Waals surface area contributed by atoms with Crippen molar-refractivity contribution in [3.05, 3.63) is 0 Å². The number of ether oxygens (including phenoxy) is 2. The Kier molecular flexibility index (Phi) is 15.2. The minimum Gasteiger partial charge on any atom is -0.383 e. The molecule has 1 heterocycles. The maximum absolute atomic E-state index is 11.7. The van der Waals surface area contributed by atoms with E-state index in [9.17, 15) is 4.79 Å². The van der Waals surface area contributed by atoms with Gasteiger partial charge >= 0.3 is 0 Å². The molecule has 0 saturated carbocycles. The van der Waals surface area contributed by atoms with Crippen LogP contribution < -0.4 is 16.0 Å². The van der Waals surface area contributed by atoms with Crippen LogP contribution in [0.3, 0.4) is 0 Å². The second-order valence-electron chi connectivity index (χ2n) is 5.79. The van der Waals surface area contributed by atoms with Crippen molar-refractivity contribution in [1.29, 1.82) is 0 Å². The fourth-order valence-electron chi connectivity index (χ4n) is 2.53. The summed E-state index contributed by atoms with van der Waals surface area (Å²) in [5.41, 5.74) is 0. The average molecular weight is 471 g/mol. The molecule has 1 saturated heterocycles. The summed E-state index contributed by atoms with van der Waals surface area (Å²) >= 11 is 0. The van der Waals surface area contributed by atoms with Gasteiger partial charge in [-0.25, -0.2) is 4.99 Å². The predicted molar refractivity (Wildman–Crippen MR) is 111 cm³/mol. The van der Waals surface area contributed by atoms with Crippen molar-refractivity contribution in [2.45, 2.75) is 25.8 Å². The number of amides is 1. The Morgan fingerprint density at radius 3 is 2.44 bits per heavy atom. The topological polar surface area (TPSA) is 87.2 Å². The van der Waals surface area contributed by atoms with E-state index in [0.29, 0.717) is 25.2 Å². The van der Waals surface area contributed by atoms with Gasteiger partial charge in [-0.3, -0.25) is 4.79 Å². The van der Waals surface area contributed by atoms with Crippen LogP contribution >= 0.6 is 24.0 Å². The van der Waals surface area contributed by atoms with Crippen LogP contribution in [-0.4, -0.2) is 89.5 Å². The summed E-state index contributed by atoms with van der Waals surface area (Å²) in [6.45, 7) is 7.79. The van der Waals surface area contributed by atoms with Crippen molar-refractivity contribution in [3.8, 4) is 0 Å². The number of hydrogen-bond acceptors (Lipinski definition) is 5. The third-order valence-corrected chi connectivity index (χ3v) is 3.89. The van der Waals surface area contributed by atoms with Crippen LogP contribution in [0, 0.1) is 0 Å². The first-order valence-corrected chi connectivity index (χ1v) is 8.71. The lowest BCUT2D eigenvalue weighted by molar-refractivity contribution is -0.119. The number of carbonyl (C=O) groups excluding carboxylic acids is 1. The Morgan fingerprint density at radius 1 is 1.16 bits per heavy atom. The fourth-order valence-corrected chi connectivity index (χ4v) is 2.53. The molecule has 1 rings (SSSR count). The number of guanidine groups is 1. The molecule has 1 aliphatic heterocycles. The molecule has 1 amide bonds. The number of nitrogens with one attached hydrogen (secondary N) is 3. The highest BCUT2D eigenvalue weighted by molar-refractivity contribution is 14.0. The van der Waals surface area contributed by atoms with E-state index in [1.54, 1.807) is 14.2 Å². The number of aliphatic imine (C=N–C) groups is 1. The Morgan fingerprint density at radius 2 is 1.84 bits per heavy atom. The van der Waals surface area contributed by atoms with Gasteiger partial charge in [0.2, 0.25) is 5.91 Å². The van der Waals surface area contributed by atoms with Gasteiger partial charge in [0.05, 0.1) is 13.2 Å². The third kappa shape index (κ3) is 11.6. The summed E-state index contributed by atoms with van der Waals surface area (Å²) in [5.74, 6) is 0.605. The van der Waals surface area contributed by atoms with Gasteiger partial charge in [-0.05, 0) is 19.8 Å². The van der Waals surface area contributed by atoms with Gasteiger partial charge in [0.25, 0.3) is 0 Å². The quantitative estimate of drug-likeness (QED) is 0.181. The zero-order valence-corrected chi connectivity index (χ0v) is 18.0. The lowest BCUT2D eigenvalue weighted by Gasteiger charge is -2.32. The van der Waals surface area contributed by atoms with Gasteiger partial charge in [-0.15, -0.1) is 24.0 Å². The standard InChI is InChI=1S/C16H33N5O3.HI/c1-4-17-16(19-13-15(22)18-7-11-23-2)20-14-5-8-21(9-6-14)10-12-24-3;/h14H,4-13H2,1-3H3,(H,18,22)(H2,17,19,20);1H. The van der Waals surface area contributed by atoms with E-state index < -0.39 is 0 Å². The van der Waals surface area contributed by atoms with E-state index in [0.717, 1.165) is 45.6 Å². The third-order valence-electron chi connectivity index (χ3n) is 3.89. The molecule has 0 aromatic heterocycles. The molecule has 25 heavy (non-hydrogen) atoms. The van der Waals surface area contributed by atoms with E-state index in [-0.39, 0.29) is 36.4 Å². The molecule has 0 aromatic carbocycles. The van der Waals surface area contributed by atoms with Gasteiger partial charge < -0.3 is 30.3 Å². The minimum atomic E-state index is -0.0985. The van der Waals surface area contributed by atoms with Crippen molar-refractivity contribution in [2.24, 2.45) is 4.99 Å². The van der Waals surface area contributed by atoms with Crippen molar-refractivity contribution < 1.29 is 14.3 Å². The molecule has 8 nitrogen and oxygen atoms in total. The Labute approximate surface area is 168 Å². The maximum Gasteiger partial charge on any atom is 0.241 e. The van der Waals surface area contributed by atoms with E-state index >= 15 is 0 Å². The largest absolute Gasteiger partial charge is 0.383 e. The number of piperidine rings is 1. The Hall–Kier alpha value is -0.650. The van der Waals surface area contributed by atoms with Gasteiger partial charge in [0.1, 0.15) is 6.54 Å². The number of likely N-dealkylation sites (tertiary alicyclic amines) is 1. The average Bonchev–Trinajstić information content (AvgIpc) is 2.59. The normalized spacial score (nSPS) is 16.2. The zero-order valence-electron chi connectivity index (χ0n) is 15.7. The van der Waals surface area contributed by atoms with E-state index in [2.05, 4.69) is 25.8 Å². The second-order valence-corrected chi connectivity index (χ2v) is 5.79. The lowest BCUT2D eigenvalue weighted by Crippen LogP contribution is -2.49. The molecule has 0 spiro atoms. The monoisotopic (exact) mass is 471 g/mol. The van der Waals surface area contributed by atoms with Crippen LogP contribution in [0.4, 0.5) is 0 Å². The number of methoxy groups -OCH3 is 2. The molecule has 0 unspecified atom stereocenters. The smallest absolute Gasteiger partial charge is 0.241 e. The molecule has 0 aromatic rings. The molecule has 1 fully saturated rings. The van der Waals surface area contributed by atoms with Crippen LogP contribution in [0.15, 0.2) is 4.99 Å². The molecule has 1 aliphatic rings. The number of hydrogen-bond donors (Lipinski definition) is 3. The highest BCUT2D eigenvalue weighted by Gasteiger charge is 2.19. The van der Waals surface area contributed by atoms with Crippen LogP contribution in [0.5, 0.6) is 0 Å². The highest BCUT2D eigenvalue weighted by atomic mass is 127. The first-order chi connectivity index (χ1) is 11.7. The zero-order chi connectivity index (χ0) is 17.6. The van der Waals surface area contributed by atoms with E-state index in [4.69, 9.17) is 9.47 Å². The SMILES string of the molecule is CCNC(=NCC(=O)NCCOC)NC1CCN(CCOC)CC1.I. The molecular weight excluding hydrogens is 437 g/mol. The Balaban J connectivity index is 0.00000576. The van der Waals surface area contributed by atoms with E-state index in [1.807, 2.05) is 6.92 Å². The van der Waals surface area contributed by atoms with Crippen LogP contribution in [-0.2, 0) is 14.3 Å². The van der Waals surface area contributed by atoms with Crippen LogP contribution in [0.25, 0.3) is 0 Å². The predicted octanol–water partition coefficient (Wildman–Crippen LogP) is 0.0329. The molecule has 0 atom stereocenters. The molecule has 0 aliphatic carbocycles. The van der Waals surface area contributed by atoms with Crippen molar-refractivity contribution >= 4 is 35.8 Å². The summed E-state index contributed by atoms with van der Waals surface area (Å²) in [4.78, 5) is 18.5. The fraction of sp³-hybridized carbons (Fsp3) is 0.875. The minimum absolute atomic E-state index is 0. The summed E-state index contributed by atoms with van der Waals surface area (Å²) in [6.07, 6.45) is 2.13. The number of halogens is 1. The van der Waals surface area contributed by atoms with Gasteiger partial charge in [0.15, 0.2) is 5.96 Å². The summed E-state index contributed by atoms with van der Waals surface area (Å²) in [7, 11) is 3.34. The summed E-state index contributed by atoms with van der Waals surface area (Å²) in [5, 5.41) is 9.40. The van der Waals surface area contributed by atoms with Crippen LogP contribution in [0.2, 0.25) is 0 Å². The summed E-state index contributed by atoms with van der Waals surface area (Å²) < 4.78 is 10.0. The first kappa shape index (κ1) is 24.4. The lowest BCUT2D eigenvalue weighted by atomic mass is 10.1. The van der Waals surface area contributed by atoms with Gasteiger partial charge in [0, 0.05) is 53.0 Å². The molecule has 148 valence electrons. The van der Waals surface area contributed by atoms with E-state index in [1.165, 1.54) is 0 Å². The molecule has 0 radical (unpaired) electrons. The second kappa shape index (κ2) is 15.6. The number of rotatable bonds is 10. The summed E-state index contributed by atoms with van der Waals surface area (Å²) in [6, 6.07) is 0.387. The molecule has 9 heteroatoms. The molecular formula is C16H34IN5O3. The number of carbonyl (C=O) groups is 1. The van der Waals surface area contributed by atoms with Crippen molar-refractivity contribution in [3.63, 3.8) is 0 Å². The van der Waals surface area contributed by atoms with Crippen molar-refractivity contribution in [1.82, 2.24) is 20.9 Å². The highest BCUT2D eigenvalue weighted by Crippen LogP contribution is 2.09. The van der Waals surface area contributed by atoms with Gasteiger partial charge in [-0.2, -0.15) is 0 Å². The Bertz CT molecular complexity index is 377. The number of nitrogens with zero attached hydrogens (tertiary/aromatic N) is 2.